The molecule has 8 heteroatoms. The van der Waals surface area contributed by atoms with Crippen LogP contribution in [0.2, 0.25) is 0 Å². The van der Waals surface area contributed by atoms with Crippen molar-refractivity contribution in [1.29, 1.82) is 5.26 Å². The van der Waals surface area contributed by atoms with Gasteiger partial charge in [-0.25, -0.2) is 4.79 Å². The fourth-order valence-electron chi connectivity index (χ4n) is 2.64. The number of hydrogen-bond acceptors (Lipinski definition) is 6. The molecule has 0 saturated carbocycles. The first-order valence-electron chi connectivity index (χ1n) is 8.43. The molecule has 2 amide bonds. The van der Waals surface area contributed by atoms with Crippen LogP contribution in [-0.4, -0.2) is 60.6 Å². The van der Waals surface area contributed by atoms with Gasteiger partial charge in [0.25, 0.3) is 5.91 Å². The highest BCUT2D eigenvalue weighted by atomic mass is 16.7. The van der Waals surface area contributed by atoms with E-state index in [9.17, 15) is 14.4 Å². The van der Waals surface area contributed by atoms with Crippen molar-refractivity contribution in [2.75, 3.05) is 32.8 Å². The van der Waals surface area contributed by atoms with Crippen LogP contribution in [-0.2, 0) is 9.53 Å². The molecule has 0 atom stereocenters. The topological polar surface area (TPSA) is 99.9 Å². The zero-order chi connectivity index (χ0) is 18.9. The van der Waals surface area contributed by atoms with Crippen LogP contribution in [0.25, 0.3) is 0 Å². The van der Waals surface area contributed by atoms with Crippen molar-refractivity contribution in [1.82, 2.24) is 9.80 Å². The molecule has 8 nitrogen and oxygen atoms in total. The molecule has 1 fully saturated rings. The molecule has 0 unspecified atom stereocenters. The fourth-order valence-corrected chi connectivity index (χ4v) is 2.64. The van der Waals surface area contributed by atoms with Gasteiger partial charge in [0, 0.05) is 31.7 Å². The second-order valence-corrected chi connectivity index (χ2v) is 5.67. The second kappa shape index (κ2) is 9.42. The fraction of sp³-hybridized carbons (Fsp3) is 0.444. The molecule has 1 aliphatic rings. The number of nitriles is 1. The first kappa shape index (κ1) is 19.2. The minimum atomic E-state index is -0.791. The molecular weight excluding hydrogens is 338 g/mol. The molecule has 1 aromatic carbocycles. The minimum Gasteiger partial charge on any atom is -0.434 e. The quantitative estimate of drug-likeness (QED) is 0.600. The summed E-state index contributed by atoms with van der Waals surface area (Å²) in [6, 6.07) is 8.09. The van der Waals surface area contributed by atoms with Gasteiger partial charge in [-0.3, -0.25) is 9.59 Å². The lowest BCUT2D eigenvalue weighted by Crippen LogP contribution is -2.37. The number of carbonyl (C=O) groups is 3. The number of ether oxygens (including phenoxy) is 2. The second-order valence-electron chi connectivity index (χ2n) is 5.67. The van der Waals surface area contributed by atoms with E-state index in [0.29, 0.717) is 43.9 Å². The molecule has 0 aliphatic carbocycles. The van der Waals surface area contributed by atoms with E-state index in [1.54, 1.807) is 28.9 Å². The van der Waals surface area contributed by atoms with Crippen LogP contribution in [0.15, 0.2) is 24.3 Å². The molecule has 0 radical (unpaired) electrons. The maximum atomic E-state index is 12.6. The maximum Gasteiger partial charge on any atom is 0.513 e. The minimum absolute atomic E-state index is 0.143. The number of amides is 2. The van der Waals surface area contributed by atoms with Gasteiger partial charge in [-0.2, -0.15) is 5.26 Å². The van der Waals surface area contributed by atoms with Crippen molar-refractivity contribution in [2.24, 2.45) is 0 Å². The Bertz CT molecular complexity index is 696. The van der Waals surface area contributed by atoms with Crippen LogP contribution in [0.1, 0.15) is 30.1 Å². The summed E-state index contributed by atoms with van der Waals surface area (Å²) in [7, 11) is 0. The summed E-state index contributed by atoms with van der Waals surface area (Å²) in [4.78, 5) is 39.0. The number of benzene rings is 1. The molecule has 138 valence electrons. The van der Waals surface area contributed by atoms with Crippen molar-refractivity contribution < 1.29 is 23.9 Å². The zero-order valence-corrected chi connectivity index (χ0v) is 14.6. The lowest BCUT2D eigenvalue weighted by Gasteiger charge is -2.21. The molecule has 0 spiro atoms. The van der Waals surface area contributed by atoms with Crippen LogP contribution in [0.5, 0.6) is 5.75 Å². The van der Waals surface area contributed by atoms with Gasteiger partial charge in [0.15, 0.2) is 0 Å². The van der Waals surface area contributed by atoms with Gasteiger partial charge >= 0.3 is 6.16 Å². The number of rotatable bonds is 4. The predicted molar refractivity (Wildman–Crippen MR) is 91.4 cm³/mol. The van der Waals surface area contributed by atoms with Crippen molar-refractivity contribution in [3.05, 3.63) is 29.8 Å². The first-order valence-corrected chi connectivity index (χ1v) is 8.43. The van der Waals surface area contributed by atoms with E-state index >= 15 is 0 Å². The highest BCUT2D eigenvalue weighted by molar-refractivity contribution is 5.94. The van der Waals surface area contributed by atoms with Crippen molar-refractivity contribution in [3.63, 3.8) is 0 Å². The SMILES string of the molecule is CCOC(=O)Oc1ccc(C(=O)N2CCCN(C(=O)CC#N)CC2)cc1. The monoisotopic (exact) mass is 359 g/mol. The molecule has 1 aromatic rings. The zero-order valence-electron chi connectivity index (χ0n) is 14.6. The van der Waals surface area contributed by atoms with Gasteiger partial charge in [-0.15, -0.1) is 0 Å². The number of hydrogen-bond donors (Lipinski definition) is 0. The summed E-state index contributed by atoms with van der Waals surface area (Å²) in [6.45, 7) is 3.80. The van der Waals surface area contributed by atoms with Gasteiger partial charge in [0.05, 0.1) is 12.7 Å². The van der Waals surface area contributed by atoms with Crippen molar-refractivity contribution in [3.8, 4) is 11.8 Å². The average molecular weight is 359 g/mol. The summed E-state index contributed by atoms with van der Waals surface area (Å²) < 4.78 is 9.65. The lowest BCUT2D eigenvalue weighted by atomic mass is 10.2. The molecule has 2 rings (SSSR count). The van der Waals surface area contributed by atoms with Crippen LogP contribution >= 0.6 is 0 Å². The van der Waals surface area contributed by atoms with Gasteiger partial charge in [0.1, 0.15) is 12.2 Å². The number of carbonyl (C=O) groups excluding carboxylic acids is 3. The highest BCUT2D eigenvalue weighted by Crippen LogP contribution is 2.16. The van der Waals surface area contributed by atoms with Crippen molar-refractivity contribution >= 4 is 18.0 Å². The van der Waals surface area contributed by atoms with E-state index in [0.717, 1.165) is 0 Å². The Hall–Kier alpha value is -3.08. The van der Waals surface area contributed by atoms with E-state index in [1.165, 1.54) is 12.1 Å². The predicted octanol–water partition coefficient (Wildman–Crippen LogP) is 1.81. The third-order valence-corrected chi connectivity index (χ3v) is 3.93. The molecule has 0 N–H and O–H groups in total. The van der Waals surface area contributed by atoms with E-state index in [-0.39, 0.29) is 24.8 Å². The summed E-state index contributed by atoms with van der Waals surface area (Å²) in [5, 5.41) is 8.63. The van der Waals surface area contributed by atoms with Crippen LogP contribution in [0.3, 0.4) is 0 Å². The Morgan fingerprint density at radius 2 is 1.73 bits per heavy atom. The Labute approximate surface area is 151 Å². The molecule has 1 saturated heterocycles. The summed E-state index contributed by atoms with van der Waals surface area (Å²) in [5.74, 6) is -0.0614. The first-order chi connectivity index (χ1) is 12.5. The Morgan fingerprint density at radius 3 is 2.38 bits per heavy atom. The Balaban J connectivity index is 1.95. The molecular formula is C18H21N3O5. The van der Waals surface area contributed by atoms with Gasteiger partial charge in [-0.1, -0.05) is 0 Å². The summed E-state index contributed by atoms with van der Waals surface area (Å²) >= 11 is 0. The van der Waals surface area contributed by atoms with E-state index in [4.69, 9.17) is 14.7 Å². The largest absolute Gasteiger partial charge is 0.513 e. The van der Waals surface area contributed by atoms with Crippen LogP contribution in [0, 0.1) is 11.3 Å². The summed E-state index contributed by atoms with van der Waals surface area (Å²) in [6.07, 6.45) is -0.274. The van der Waals surface area contributed by atoms with Gasteiger partial charge in [-0.05, 0) is 37.6 Å². The molecule has 1 aliphatic heterocycles. The molecule has 26 heavy (non-hydrogen) atoms. The Morgan fingerprint density at radius 1 is 1.08 bits per heavy atom. The summed E-state index contributed by atoms with van der Waals surface area (Å²) in [5.41, 5.74) is 0.470. The van der Waals surface area contributed by atoms with Crippen LogP contribution < -0.4 is 4.74 Å². The number of nitrogens with zero attached hydrogens (tertiary/aromatic N) is 3. The molecule has 0 bridgehead atoms. The van der Waals surface area contributed by atoms with Gasteiger partial charge in [0.2, 0.25) is 5.91 Å². The Kier molecular flexibility index (Phi) is 6.97. The normalized spacial score (nSPS) is 14.2. The maximum absolute atomic E-state index is 12.6. The molecule has 0 aromatic heterocycles. The average Bonchev–Trinajstić information content (AvgIpc) is 2.88. The lowest BCUT2D eigenvalue weighted by molar-refractivity contribution is -0.130. The van der Waals surface area contributed by atoms with Crippen LogP contribution in [0.4, 0.5) is 4.79 Å². The third kappa shape index (κ3) is 5.21. The van der Waals surface area contributed by atoms with E-state index < -0.39 is 6.16 Å². The highest BCUT2D eigenvalue weighted by Gasteiger charge is 2.22. The van der Waals surface area contributed by atoms with E-state index in [1.807, 2.05) is 6.07 Å². The van der Waals surface area contributed by atoms with E-state index in [2.05, 4.69) is 0 Å². The smallest absolute Gasteiger partial charge is 0.434 e. The molecule has 1 heterocycles. The third-order valence-electron chi connectivity index (χ3n) is 3.93. The van der Waals surface area contributed by atoms with Gasteiger partial charge < -0.3 is 19.3 Å². The standard InChI is InChI=1S/C18H21N3O5/c1-2-25-18(24)26-15-6-4-14(5-7-15)17(23)21-11-3-10-20(12-13-21)16(22)8-9-19/h4-7H,2-3,8,10-13H2,1H3. The van der Waals surface area contributed by atoms with Crippen molar-refractivity contribution in [2.45, 2.75) is 19.8 Å².